The van der Waals surface area contributed by atoms with Crippen LogP contribution in [0.3, 0.4) is 0 Å². The number of nitrogens with zero attached hydrogens (tertiary/aromatic N) is 2. The van der Waals surface area contributed by atoms with Crippen molar-refractivity contribution in [3.05, 3.63) is 0 Å². The van der Waals surface area contributed by atoms with E-state index in [1.54, 1.807) is 0 Å². The molecule has 0 amide bonds. The molecule has 3 heteroatoms. The fourth-order valence-corrected chi connectivity index (χ4v) is 3.96. The third-order valence-corrected chi connectivity index (χ3v) is 5.75. The maximum absolute atomic E-state index is 3.54. The molecule has 0 saturated heterocycles. The zero-order chi connectivity index (χ0) is 28.3. The van der Waals surface area contributed by atoms with Crippen molar-refractivity contribution in [1.82, 2.24) is 15.1 Å². The van der Waals surface area contributed by atoms with Crippen molar-refractivity contribution < 1.29 is 0 Å². The molecule has 0 spiro atoms. The van der Waals surface area contributed by atoms with E-state index in [2.05, 4.69) is 126 Å². The molecule has 1 unspecified atom stereocenters. The molecule has 0 radical (unpaired) electrons. The Hall–Kier alpha value is -0.120. The standard InChI is InChI=1S/C12H27N.C11H25N.C9H21N/c1-6-7-10-13(5)11-8-9-12(2,3)4;1-9(2)8-12-10(3)7-11(4,5)6;1-6-10(7-2)8-9(3,4)5/h6-11H2,1-5H3;9-10,12H,7-8H2,1-6H3;6-8H2,1-5H3. The van der Waals surface area contributed by atoms with Crippen molar-refractivity contribution in [1.29, 1.82) is 0 Å². The molecule has 0 fully saturated rings. The summed E-state index contributed by atoms with van der Waals surface area (Å²) >= 11 is 0. The van der Waals surface area contributed by atoms with Gasteiger partial charge in [-0.05, 0) is 94.5 Å². The summed E-state index contributed by atoms with van der Waals surface area (Å²) in [6.07, 6.45) is 6.57. The van der Waals surface area contributed by atoms with E-state index in [-0.39, 0.29) is 0 Å². The van der Waals surface area contributed by atoms with Gasteiger partial charge in [0, 0.05) is 12.6 Å². The van der Waals surface area contributed by atoms with E-state index in [1.165, 1.54) is 64.8 Å². The Bertz CT molecular complexity index is 433. The van der Waals surface area contributed by atoms with Gasteiger partial charge in [0.25, 0.3) is 0 Å². The molecule has 0 rings (SSSR count). The first kappa shape index (κ1) is 39.4. The predicted molar refractivity (Wildman–Crippen MR) is 165 cm³/mol. The molecule has 1 N–H and O–H groups in total. The first-order chi connectivity index (χ1) is 15.8. The Morgan fingerprint density at radius 2 is 1.17 bits per heavy atom. The van der Waals surface area contributed by atoms with Gasteiger partial charge >= 0.3 is 0 Å². The lowest BCUT2D eigenvalue weighted by Gasteiger charge is -2.27. The third kappa shape index (κ3) is 38.6. The van der Waals surface area contributed by atoms with Crippen molar-refractivity contribution in [2.75, 3.05) is 46.3 Å². The van der Waals surface area contributed by atoms with Crippen LogP contribution in [0.1, 0.15) is 136 Å². The van der Waals surface area contributed by atoms with Crippen LogP contribution < -0.4 is 5.32 Å². The fraction of sp³-hybridized carbons (Fsp3) is 1.00. The third-order valence-electron chi connectivity index (χ3n) is 5.75. The summed E-state index contributed by atoms with van der Waals surface area (Å²) in [7, 11) is 2.23. The normalized spacial score (nSPS) is 13.5. The molecule has 35 heavy (non-hydrogen) atoms. The molecule has 0 bridgehead atoms. The number of nitrogens with one attached hydrogen (secondary N) is 1. The van der Waals surface area contributed by atoms with Gasteiger partial charge in [-0.2, -0.15) is 0 Å². The molecule has 0 heterocycles. The second-order valence-corrected chi connectivity index (χ2v) is 14.8. The molecule has 0 aromatic carbocycles. The monoisotopic (exact) mass is 500 g/mol. The molecule has 0 aromatic heterocycles. The van der Waals surface area contributed by atoms with Gasteiger partial charge in [-0.25, -0.2) is 0 Å². The number of hydrogen-bond acceptors (Lipinski definition) is 3. The molecule has 0 aromatic rings. The highest BCUT2D eigenvalue weighted by Crippen LogP contribution is 2.21. The van der Waals surface area contributed by atoms with Crippen LogP contribution in [0, 0.1) is 22.2 Å². The molecule has 3 nitrogen and oxygen atoms in total. The molecular weight excluding hydrogens is 426 g/mol. The SMILES string of the molecule is CC(C)CNC(C)CC(C)(C)C.CCCCN(C)CCCC(C)(C)C.CCN(CC)CC(C)(C)C. The van der Waals surface area contributed by atoms with Gasteiger partial charge in [0.05, 0.1) is 0 Å². The Morgan fingerprint density at radius 3 is 1.49 bits per heavy atom. The van der Waals surface area contributed by atoms with E-state index in [1.807, 2.05) is 0 Å². The van der Waals surface area contributed by atoms with Gasteiger partial charge in [0.1, 0.15) is 0 Å². The fourth-order valence-electron chi connectivity index (χ4n) is 3.96. The number of hydrogen-bond donors (Lipinski definition) is 1. The number of rotatable bonds is 13. The Balaban J connectivity index is -0.000000443. The molecule has 0 aliphatic heterocycles. The lowest BCUT2D eigenvalue weighted by Crippen LogP contribution is -2.32. The number of unbranched alkanes of at least 4 members (excludes halogenated alkanes) is 1. The topological polar surface area (TPSA) is 18.5 Å². The van der Waals surface area contributed by atoms with Crippen molar-refractivity contribution >= 4 is 0 Å². The van der Waals surface area contributed by atoms with Crippen LogP contribution in [0.4, 0.5) is 0 Å². The summed E-state index contributed by atoms with van der Waals surface area (Å²) in [5.41, 5.74) is 1.40. The molecule has 1 atom stereocenters. The van der Waals surface area contributed by atoms with Crippen LogP contribution in [0.15, 0.2) is 0 Å². The Labute approximate surface area is 225 Å². The zero-order valence-corrected chi connectivity index (χ0v) is 27.8. The molecule has 216 valence electrons. The summed E-state index contributed by atoms with van der Waals surface area (Å²) in [6, 6.07) is 0.646. The van der Waals surface area contributed by atoms with Crippen molar-refractivity contribution in [2.45, 2.75) is 142 Å². The van der Waals surface area contributed by atoms with Crippen LogP contribution >= 0.6 is 0 Å². The second kappa shape index (κ2) is 20.9. The van der Waals surface area contributed by atoms with Gasteiger partial charge < -0.3 is 15.1 Å². The van der Waals surface area contributed by atoms with Crippen LogP contribution in [0.25, 0.3) is 0 Å². The van der Waals surface area contributed by atoms with Crippen molar-refractivity contribution in [2.24, 2.45) is 22.2 Å². The first-order valence-corrected chi connectivity index (χ1v) is 14.9. The highest BCUT2D eigenvalue weighted by atomic mass is 15.1. The largest absolute Gasteiger partial charge is 0.314 e. The minimum absolute atomic E-state index is 0.448. The minimum Gasteiger partial charge on any atom is -0.314 e. The first-order valence-electron chi connectivity index (χ1n) is 14.9. The summed E-state index contributed by atoms with van der Waals surface area (Å²) in [6.45, 7) is 41.4. The average Bonchev–Trinajstić information content (AvgIpc) is 2.67. The van der Waals surface area contributed by atoms with E-state index >= 15 is 0 Å². The van der Waals surface area contributed by atoms with Crippen LogP contribution in [0.2, 0.25) is 0 Å². The molecule has 0 saturated carbocycles. The van der Waals surface area contributed by atoms with Crippen LogP contribution in [-0.2, 0) is 0 Å². The van der Waals surface area contributed by atoms with Gasteiger partial charge in [-0.15, -0.1) is 0 Å². The average molecular weight is 500 g/mol. The minimum atomic E-state index is 0.448. The summed E-state index contributed by atoms with van der Waals surface area (Å²) in [5.74, 6) is 0.757. The van der Waals surface area contributed by atoms with Crippen molar-refractivity contribution in [3.8, 4) is 0 Å². The van der Waals surface area contributed by atoms with Crippen LogP contribution in [-0.4, -0.2) is 62.2 Å². The van der Waals surface area contributed by atoms with Gasteiger partial charge in [0.2, 0.25) is 0 Å². The summed E-state index contributed by atoms with van der Waals surface area (Å²) in [5, 5.41) is 3.54. The maximum atomic E-state index is 3.54. The lowest BCUT2D eigenvalue weighted by molar-refractivity contribution is 0.208. The highest BCUT2D eigenvalue weighted by Gasteiger charge is 2.15. The van der Waals surface area contributed by atoms with E-state index in [9.17, 15) is 0 Å². The quantitative estimate of drug-likeness (QED) is 0.273. The smallest absolute Gasteiger partial charge is 0.00438 e. The Kier molecular flexibility index (Phi) is 23.5. The van der Waals surface area contributed by atoms with E-state index in [4.69, 9.17) is 0 Å². The maximum Gasteiger partial charge on any atom is 0.00438 e. The summed E-state index contributed by atoms with van der Waals surface area (Å²) < 4.78 is 0. The van der Waals surface area contributed by atoms with Gasteiger partial charge in [-0.3, -0.25) is 0 Å². The van der Waals surface area contributed by atoms with Crippen molar-refractivity contribution in [3.63, 3.8) is 0 Å². The van der Waals surface area contributed by atoms with Gasteiger partial charge in [-0.1, -0.05) is 103 Å². The summed E-state index contributed by atoms with van der Waals surface area (Å²) in [4.78, 5) is 4.91. The lowest BCUT2D eigenvalue weighted by atomic mass is 9.88. The van der Waals surface area contributed by atoms with Gasteiger partial charge in [0.15, 0.2) is 0 Å². The molecular formula is C32H73N3. The van der Waals surface area contributed by atoms with Crippen LogP contribution in [0.5, 0.6) is 0 Å². The van der Waals surface area contributed by atoms with E-state index in [0.29, 0.717) is 22.3 Å². The predicted octanol–water partition coefficient (Wildman–Crippen LogP) is 8.98. The molecule has 0 aliphatic rings. The van der Waals surface area contributed by atoms with E-state index in [0.717, 1.165) is 12.5 Å². The second-order valence-electron chi connectivity index (χ2n) is 14.8. The zero-order valence-electron chi connectivity index (χ0n) is 27.8. The highest BCUT2D eigenvalue weighted by molar-refractivity contribution is 4.71. The molecule has 0 aliphatic carbocycles. The Morgan fingerprint density at radius 1 is 0.686 bits per heavy atom. The van der Waals surface area contributed by atoms with E-state index < -0.39 is 0 Å².